The van der Waals surface area contributed by atoms with E-state index in [1.165, 1.54) is 6.08 Å². The van der Waals surface area contributed by atoms with E-state index in [0.717, 1.165) is 0 Å². The fourth-order valence-corrected chi connectivity index (χ4v) is 1.64. The van der Waals surface area contributed by atoms with Gasteiger partial charge in [-0.15, -0.1) is 0 Å². The van der Waals surface area contributed by atoms with Crippen LogP contribution in [0.1, 0.15) is 34.6 Å². The first-order chi connectivity index (χ1) is 8.19. The van der Waals surface area contributed by atoms with Crippen molar-refractivity contribution in [3.63, 3.8) is 0 Å². The summed E-state index contributed by atoms with van der Waals surface area (Å²) in [4.78, 5) is 23.3. The van der Waals surface area contributed by atoms with Gasteiger partial charge in [0.2, 0.25) is 0 Å². The smallest absolute Gasteiger partial charge is 0.408 e. The molecule has 1 amide bonds. The number of hydrogen-bond acceptors (Lipinski definition) is 3. The van der Waals surface area contributed by atoms with Crippen molar-refractivity contribution >= 4 is 11.9 Å². The molecule has 0 spiro atoms. The van der Waals surface area contributed by atoms with Gasteiger partial charge in [0.15, 0.2) is 5.78 Å². The number of allylic oxidation sites excluding steroid dienone is 2. The Morgan fingerprint density at radius 2 is 2.06 bits per heavy atom. The van der Waals surface area contributed by atoms with E-state index in [2.05, 4.69) is 5.32 Å². The molecule has 0 saturated heterocycles. The maximum Gasteiger partial charge on any atom is 0.408 e. The minimum atomic E-state index is -0.543. The summed E-state index contributed by atoms with van der Waals surface area (Å²) in [6.45, 7) is 9.37. The van der Waals surface area contributed by atoms with Crippen LogP contribution in [0.15, 0.2) is 23.8 Å². The number of carbonyl (C=O) groups is 2. The average molecular weight is 251 g/mol. The fourth-order valence-electron chi connectivity index (χ4n) is 1.64. The normalized spacial score (nSPS) is 21.8. The maximum atomic E-state index is 11.6. The lowest BCUT2D eigenvalue weighted by atomic mass is 10.0. The van der Waals surface area contributed by atoms with Gasteiger partial charge >= 0.3 is 6.09 Å². The predicted octanol–water partition coefficient (Wildman–Crippen LogP) is 2.60. The second-order valence-corrected chi connectivity index (χ2v) is 5.71. The molecule has 0 heterocycles. The molecule has 1 rings (SSSR count). The first-order valence-electron chi connectivity index (χ1n) is 6.13. The van der Waals surface area contributed by atoms with Gasteiger partial charge in [0.25, 0.3) is 0 Å². The molecule has 0 saturated carbocycles. The molecular formula is C14H21NO3. The van der Waals surface area contributed by atoms with Gasteiger partial charge in [-0.25, -0.2) is 4.79 Å². The van der Waals surface area contributed by atoms with E-state index in [0.29, 0.717) is 5.57 Å². The molecule has 0 aromatic rings. The molecule has 1 N–H and O–H groups in total. The Bertz CT molecular complexity index is 400. The summed E-state index contributed by atoms with van der Waals surface area (Å²) in [5.41, 5.74) is 0.0640. The van der Waals surface area contributed by atoms with Crippen molar-refractivity contribution < 1.29 is 14.3 Å². The van der Waals surface area contributed by atoms with Crippen molar-refractivity contribution in [2.24, 2.45) is 5.92 Å². The van der Waals surface area contributed by atoms with Gasteiger partial charge < -0.3 is 10.1 Å². The Morgan fingerprint density at radius 1 is 1.44 bits per heavy atom. The van der Waals surface area contributed by atoms with Crippen LogP contribution >= 0.6 is 0 Å². The SMILES string of the molecule is CC(C)/C=C1/C(=O)C=CC1NC(=O)OC(C)(C)C. The van der Waals surface area contributed by atoms with Gasteiger partial charge in [0.1, 0.15) is 5.60 Å². The first-order valence-corrected chi connectivity index (χ1v) is 6.13. The second-order valence-electron chi connectivity index (χ2n) is 5.71. The molecule has 0 fully saturated rings. The van der Waals surface area contributed by atoms with Crippen LogP contribution in [-0.2, 0) is 9.53 Å². The van der Waals surface area contributed by atoms with Crippen LogP contribution in [0.2, 0.25) is 0 Å². The van der Waals surface area contributed by atoms with Gasteiger partial charge in [-0.05, 0) is 32.8 Å². The molecule has 0 bridgehead atoms. The summed E-state index contributed by atoms with van der Waals surface area (Å²) in [7, 11) is 0. The predicted molar refractivity (Wildman–Crippen MR) is 70.2 cm³/mol. The van der Waals surface area contributed by atoms with E-state index in [4.69, 9.17) is 4.74 Å². The molecule has 4 heteroatoms. The number of ketones is 1. The molecule has 0 aliphatic heterocycles. The highest BCUT2D eigenvalue weighted by atomic mass is 16.6. The lowest BCUT2D eigenvalue weighted by Gasteiger charge is -2.21. The molecule has 0 aromatic heterocycles. The quantitative estimate of drug-likeness (QED) is 0.767. The zero-order chi connectivity index (χ0) is 13.9. The Labute approximate surface area is 108 Å². The molecular weight excluding hydrogens is 230 g/mol. The summed E-state index contributed by atoms with van der Waals surface area (Å²) in [5.74, 6) is 0.205. The van der Waals surface area contributed by atoms with E-state index in [-0.39, 0.29) is 17.7 Å². The van der Waals surface area contributed by atoms with Crippen LogP contribution < -0.4 is 5.32 Å². The van der Waals surface area contributed by atoms with Crippen LogP contribution in [0.25, 0.3) is 0 Å². The summed E-state index contributed by atoms with van der Waals surface area (Å²) in [6, 6.07) is -0.380. The van der Waals surface area contributed by atoms with Gasteiger partial charge in [0, 0.05) is 5.57 Å². The van der Waals surface area contributed by atoms with Crippen LogP contribution in [0.4, 0.5) is 4.79 Å². The van der Waals surface area contributed by atoms with E-state index < -0.39 is 11.7 Å². The van der Waals surface area contributed by atoms with Crippen molar-refractivity contribution in [1.29, 1.82) is 0 Å². The zero-order valence-electron chi connectivity index (χ0n) is 11.6. The van der Waals surface area contributed by atoms with Crippen molar-refractivity contribution in [2.75, 3.05) is 0 Å². The number of rotatable bonds is 2. The Kier molecular flexibility index (Phi) is 4.33. The lowest BCUT2D eigenvalue weighted by molar-refractivity contribution is -0.111. The van der Waals surface area contributed by atoms with Crippen LogP contribution in [0, 0.1) is 5.92 Å². The van der Waals surface area contributed by atoms with E-state index in [1.807, 2.05) is 19.9 Å². The molecule has 1 unspecified atom stereocenters. The lowest BCUT2D eigenvalue weighted by Crippen LogP contribution is -2.38. The van der Waals surface area contributed by atoms with Gasteiger partial charge in [-0.3, -0.25) is 4.79 Å². The number of hydrogen-bond donors (Lipinski definition) is 1. The molecule has 1 aliphatic carbocycles. The number of nitrogens with one attached hydrogen (secondary N) is 1. The Morgan fingerprint density at radius 3 is 2.56 bits per heavy atom. The highest BCUT2D eigenvalue weighted by Crippen LogP contribution is 2.17. The van der Waals surface area contributed by atoms with Crippen LogP contribution in [0.3, 0.4) is 0 Å². The van der Waals surface area contributed by atoms with Gasteiger partial charge in [0.05, 0.1) is 6.04 Å². The monoisotopic (exact) mass is 251 g/mol. The van der Waals surface area contributed by atoms with E-state index in [1.54, 1.807) is 26.8 Å². The van der Waals surface area contributed by atoms with E-state index in [9.17, 15) is 9.59 Å². The van der Waals surface area contributed by atoms with Crippen LogP contribution in [-0.4, -0.2) is 23.5 Å². The number of ether oxygens (including phenoxy) is 1. The number of carbonyl (C=O) groups excluding carboxylic acids is 2. The number of alkyl carbamates (subject to hydrolysis) is 1. The van der Waals surface area contributed by atoms with Crippen LogP contribution in [0.5, 0.6) is 0 Å². The van der Waals surface area contributed by atoms with Crippen molar-refractivity contribution in [2.45, 2.75) is 46.3 Å². The minimum Gasteiger partial charge on any atom is -0.444 e. The third-order valence-corrected chi connectivity index (χ3v) is 2.24. The molecule has 0 aromatic carbocycles. The second kappa shape index (κ2) is 5.38. The first kappa shape index (κ1) is 14.5. The van der Waals surface area contributed by atoms with Crippen molar-refractivity contribution in [3.05, 3.63) is 23.8 Å². The Hall–Kier alpha value is -1.58. The van der Waals surface area contributed by atoms with E-state index >= 15 is 0 Å². The average Bonchev–Trinajstić information content (AvgIpc) is 2.46. The topological polar surface area (TPSA) is 55.4 Å². The fraction of sp³-hybridized carbons (Fsp3) is 0.571. The third kappa shape index (κ3) is 4.35. The molecule has 18 heavy (non-hydrogen) atoms. The van der Waals surface area contributed by atoms with Crippen molar-refractivity contribution in [3.8, 4) is 0 Å². The minimum absolute atomic E-state index is 0.0511. The van der Waals surface area contributed by atoms with Gasteiger partial charge in [-0.2, -0.15) is 0 Å². The standard InChI is InChI=1S/C14H21NO3/c1-9(2)8-10-11(6-7-12(10)16)15-13(17)18-14(3,4)5/h6-9,11H,1-5H3,(H,15,17)/b10-8+. The number of amides is 1. The molecule has 4 nitrogen and oxygen atoms in total. The van der Waals surface area contributed by atoms with Gasteiger partial charge in [-0.1, -0.05) is 26.0 Å². The maximum absolute atomic E-state index is 11.6. The largest absolute Gasteiger partial charge is 0.444 e. The molecule has 0 radical (unpaired) electrons. The van der Waals surface area contributed by atoms with Crippen molar-refractivity contribution in [1.82, 2.24) is 5.32 Å². The Balaban J connectivity index is 2.70. The highest BCUT2D eigenvalue weighted by Gasteiger charge is 2.26. The summed E-state index contributed by atoms with van der Waals surface area (Å²) < 4.78 is 5.17. The molecule has 100 valence electrons. The summed E-state index contributed by atoms with van der Waals surface area (Å²) in [6.07, 6.45) is 4.52. The highest BCUT2D eigenvalue weighted by molar-refractivity contribution is 6.08. The molecule has 1 atom stereocenters. The zero-order valence-corrected chi connectivity index (χ0v) is 11.6. The summed E-state index contributed by atoms with van der Waals surface area (Å²) >= 11 is 0. The summed E-state index contributed by atoms with van der Waals surface area (Å²) in [5, 5.41) is 2.68. The third-order valence-electron chi connectivity index (χ3n) is 2.24. The molecule has 1 aliphatic rings.